The third-order valence-corrected chi connectivity index (χ3v) is 5.20. The summed E-state index contributed by atoms with van der Waals surface area (Å²) in [5, 5.41) is 0. The average molecular weight is 356 g/mol. The van der Waals surface area contributed by atoms with Crippen LogP contribution >= 0.6 is 15.9 Å². The van der Waals surface area contributed by atoms with Crippen LogP contribution in [0.3, 0.4) is 0 Å². The number of ether oxygens (including phenoxy) is 1. The summed E-state index contributed by atoms with van der Waals surface area (Å²) in [6.45, 7) is 0. The fourth-order valence-electron chi connectivity index (χ4n) is 1.86. The second-order valence-electron chi connectivity index (χ2n) is 4.27. The first-order valence-corrected chi connectivity index (χ1v) is 8.28. The molecule has 0 bridgehead atoms. The topological polar surface area (TPSA) is 69.4 Å². The van der Waals surface area contributed by atoms with Gasteiger partial charge in [-0.15, -0.1) is 0 Å². The van der Waals surface area contributed by atoms with E-state index in [9.17, 15) is 8.42 Å². The van der Waals surface area contributed by atoms with Gasteiger partial charge in [0.1, 0.15) is 5.75 Å². The first kappa shape index (κ1) is 14.9. The van der Waals surface area contributed by atoms with Crippen molar-refractivity contribution in [1.29, 1.82) is 0 Å². The molecule has 0 atom stereocenters. The highest BCUT2D eigenvalue weighted by Gasteiger charge is 2.18. The van der Waals surface area contributed by atoms with E-state index in [1.165, 1.54) is 6.07 Å². The summed E-state index contributed by atoms with van der Waals surface area (Å²) in [4.78, 5) is 0.159. The molecule has 0 saturated carbocycles. The maximum absolute atomic E-state index is 12.4. The van der Waals surface area contributed by atoms with Gasteiger partial charge in [0, 0.05) is 0 Å². The minimum atomic E-state index is -3.47. The van der Waals surface area contributed by atoms with Gasteiger partial charge in [-0.1, -0.05) is 18.2 Å². The molecule has 0 unspecified atom stereocenters. The first-order valence-electron chi connectivity index (χ1n) is 5.84. The number of methoxy groups -OCH3 is 1. The molecule has 0 aliphatic heterocycles. The lowest BCUT2D eigenvalue weighted by atomic mass is 10.2. The van der Waals surface area contributed by atoms with Gasteiger partial charge < -0.3 is 10.5 Å². The number of para-hydroxylation sites is 1. The molecule has 0 aromatic heterocycles. The molecule has 20 heavy (non-hydrogen) atoms. The Morgan fingerprint density at radius 1 is 1.20 bits per heavy atom. The van der Waals surface area contributed by atoms with Crippen LogP contribution in [0.15, 0.2) is 51.8 Å². The molecule has 4 nitrogen and oxygen atoms in total. The molecule has 6 heteroatoms. The van der Waals surface area contributed by atoms with Crippen molar-refractivity contribution in [3.8, 4) is 5.75 Å². The van der Waals surface area contributed by atoms with Crippen LogP contribution in [-0.2, 0) is 15.6 Å². The van der Waals surface area contributed by atoms with Crippen molar-refractivity contribution in [2.45, 2.75) is 10.6 Å². The highest BCUT2D eigenvalue weighted by Crippen LogP contribution is 2.28. The Morgan fingerprint density at radius 3 is 2.50 bits per heavy atom. The summed E-state index contributed by atoms with van der Waals surface area (Å²) in [5.74, 6) is 0.550. The zero-order valence-corrected chi connectivity index (χ0v) is 13.2. The zero-order chi connectivity index (χ0) is 14.8. The maximum atomic E-state index is 12.4. The molecule has 2 rings (SSSR count). The Hall–Kier alpha value is -1.53. The van der Waals surface area contributed by atoms with Gasteiger partial charge in [-0.25, -0.2) is 8.42 Å². The standard InChI is InChI=1S/C14H14BrNO3S/c1-19-13-7-6-10(8-11(13)15)9-20(17,18)14-5-3-2-4-12(14)16/h2-8H,9,16H2,1H3. The van der Waals surface area contributed by atoms with E-state index in [2.05, 4.69) is 15.9 Å². The molecule has 0 aliphatic carbocycles. The molecule has 0 fully saturated rings. The van der Waals surface area contributed by atoms with Crippen LogP contribution in [0, 0.1) is 0 Å². The third-order valence-electron chi connectivity index (χ3n) is 2.83. The Labute approximate surface area is 126 Å². The van der Waals surface area contributed by atoms with E-state index in [0.717, 1.165) is 0 Å². The van der Waals surface area contributed by atoms with Gasteiger partial charge in [-0.05, 0) is 45.8 Å². The molecule has 2 N–H and O–H groups in total. The number of nitrogen functional groups attached to an aromatic ring is 1. The number of anilines is 1. The fourth-order valence-corrected chi connectivity index (χ4v) is 3.94. The summed E-state index contributed by atoms with van der Waals surface area (Å²) < 4.78 is 30.6. The van der Waals surface area contributed by atoms with Crippen molar-refractivity contribution in [2.75, 3.05) is 12.8 Å². The van der Waals surface area contributed by atoms with E-state index >= 15 is 0 Å². The summed E-state index contributed by atoms with van der Waals surface area (Å²) in [7, 11) is -1.91. The summed E-state index contributed by atoms with van der Waals surface area (Å²) >= 11 is 3.34. The lowest BCUT2D eigenvalue weighted by Gasteiger charge is -2.09. The van der Waals surface area contributed by atoms with Gasteiger partial charge in [-0.3, -0.25) is 0 Å². The number of sulfone groups is 1. The van der Waals surface area contributed by atoms with Gasteiger partial charge in [0.2, 0.25) is 0 Å². The van der Waals surface area contributed by atoms with Crippen molar-refractivity contribution >= 4 is 31.5 Å². The molecule has 0 amide bonds. The molecule has 106 valence electrons. The van der Waals surface area contributed by atoms with Gasteiger partial charge in [0.15, 0.2) is 9.84 Å². The molecule has 2 aromatic carbocycles. The molecule has 0 radical (unpaired) electrons. The van der Waals surface area contributed by atoms with E-state index in [1.54, 1.807) is 43.5 Å². The van der Waals surface area contributed by atoms with Crippen LogP contribution in [0.5, 0.6) is 5.75 Å². The Morgan fingerprint density at radius 2 is 1.90 bits per heavy atom. The molecule has 0 saturated heterocycles. The Balaban J connectivity index is 2.34. The Bertz CT molecular complexity index is 729. The normalized spacial score (nSPS) is 11.3. The van der Waals surface area contributed by atoms with Crippen LogP contribution < -0.4 is 10.5 Å². The number of hydrogen-bond acceptors (Lipinski definition) is 4. The third kappa shape index (κ3) is 3.13. The van der Waals surface area contributed by atoms with Crippen molar-refractivity contribution < 1.29 is 13.2 Å². The van der Waals surface area contributed by atoms with Crippen LogP contribution in [0.2, 0.25) is 0 Å². The van der Waals surface area contributed by atoms with Gasteiger partial charge in [0.05, 0.1) is 27.9 Å². The second kappa shape index (κ2) is 5.85. The molecular weight excluding hydrogens is 342 g/mol. The molecule has 0 heterocycles. The van der Waals surface area contributed by atoms with E-state index in [0.29, 0.717) is 15.8 Å². The molecule has 2 aromatic rings. The minimum absolute atomic E-state index is 0.107. The predicted molar refractivity (Wildman–Crippen MR) is 82.4 cm³/mol. The zero-order valence-electron chi connectivity index (χ0n) is 10.8. The highest BCUT2D eigenvalue weighted by atomic mass is 79.9. The van der Waals surface area contributed by atoms with Crippen molar-refractivity contribution in [2.24, 2.45) is 0 Å². The monoisotopic (exact) mass is 355 g/mol. The molecular formula is C14H14BrNO3S. The van der Waals surface area contributed by atoms with Gasteiger partial charge >= 0.3 is 0 Å². The van der Waals surface area contributed by atoms with Crippen LogP contribution in [0.1, 0.15) is 5.56 Å². The summed E-state index contributed by atoms with van der Waals surface area (Å²) in [6, 6.07) is 11.6. The SMILES string of the molecule is COc1ccc(CS(=O)(=O)c2ccccc2N)cc1Br. The number of rotatable bonds is 4. The van der Waals surface area contributed by atoms with Crippen molar-refractivity contribution in [3.63, 3.8) is 0 Å². The highest BCUT2D eigenvalue weighted by molar-refractivity contribution is 9.10. The van der Waals surface area contributed by atoms with Crippen molar-refractivity contribution in [1.82, 2.24) is 0 Å². The van der Waals surface area contributed by atoms with Crippen LogP contribution in [-0.4, -0.2) is 15.5 Å². The average Bonchev–Trinajstić information content (AvgIpc) is 2.38. The predicted octanol–water partition coefficient (Wildman–Crippen LogP) is 3.01. The van der Waals surface area contributed by atoms with Crippen LogP contribution in [0.25, 0.3) is 0 Å². The minimum Gasteiger partial charge on any atom is -0.496 e. The largest absolute Gasteiger partial charge is 0.496 e. The van der Waals surface area contributed by atoms with E-state index in [4.69, 9.17) is 10.5 Å². The lowest BCUT2D eigenvalue weighted by molar-refractivity contribution is 0.412. The lowest BCUT2D eigenvalue weighted by Crippen LogP contribution is -2.07. The maximum Gasteiger partial charge on any atom is 0.184 e. The smallest absolute Gasteiger partial charge is 0.184 e. The fraction of sp³-hybridized carbons (Fsp3) is 0.143. The van der Waals surface area contributed by atoms with Gasteiger partial charge in [-0.2, -0.15) is 0 Å². The number of hydrogen-bond donors (Lipinski definition) is 1. The van der Waals surface area contributed by atoms with Crippen LogP contribution in [0.4, 0.5) is 5.69 Å². The van der Waals surface area contributed by atoms with E-state index in [-0.39, 0.29) is 16.3 Å². The molecule has 0 aliphatic rings. The molecule has 0 spiro atoms. The number of benzene rings is 2. The summed E-state index contributed by atoms with van der Waals surface area (Å²) in [6.07, 6.45) is 0. The van der Waals surface area contributed by atoms with E-state index < -0.39 is 9.84 Å². The summed E-state index contributed by atoms with van der Waals surface area (Å²) in [5.41, 5.74) is 6.66. The van der Waals surface area contributed by atoms with Crippen molar-refractivity contribution in [3.05, 3.63) is 52.5 Å². The first-order chi connectivity index (χ1) is 9.44. The number of nitrogens with two attached hydrogens (primary N) is 1. The quantitative estimate of drug-likeness (QED) is 0.855. The second-order valence-corrected chi connectivity index (χ2v) is 7.08. The number of halogens is 1. The van der Waals surface area contributed by atoms with Gasteiger partial charge in [0.25, 0.3) is 0 Å². The Kier molecular flexibility index (Phi) is 4.35. The van der Waals surface area contributed by atoms with E-state index in [1.807, 2.05) is 0 Å².